The van der Waals surface area contributed by atoms with Gasteiger partial charge in [-0.1, -0.05) is 0 Å². The van der Waals surface area contributed by atoms with Gasteiger partial charge in [0.15, 0.2) is 5.96 Å². The number of carbonyl (C=O) groups excluding carboxylic acids is 1. The summed E-state index contributed by atoms with van der Waals surface area (Å²) in [5, 5.41) is 11.4. The summed E-state index contributed by atoms with van der Waals surface area (Å²) in [7, 11) is 1.51. The van der Waals surface area contributed by atoms with E-state index in [0.717, 1.165) is 0 Å². The van der Waals surface area contributed by atoms with Gasteiger partial charge in [-0.15, -0.1) is 0 Å². The Bertz CT molecular complexity index is 267. The van der Waals surface area contributed by atoms with E-state index < -0.39 is 18.4 Å². The van der Waals surface area contributed by atoms with Crippen LogP contribution in [0.4, 0.5) is 4.79 Å². The van der Waals surface area contributed by atoms with Crippen molar-refractivity contribution >= 4 is 12.0 Å². The third-order valence-corrected chi connectivity index (χ3v) is 2.20. The van der Waals surface area contributed by atoms with E-state index in [-0.39, 0.29) is 18.7 Å². The van der Waals surface area contributed by atoms with Crippen molar-refractivity contribution in [2.75, 3.05) is 13.7 Å². The quantitative estimate of drug-likeness (QED) is 0.331. The maximum absolute atomic E-state index is 11.2. The Hall–Kier alpha value is -1.38. The van der Waals surface area contributed by atoms with Crippen molar-refractivity contribution in [3.05, 3.63) is 0 Å². The number of aliphatic hydroxyl groups is 1. The molecule has 0 spiro atoms. The molecule has 1 aliphatic rings. The Morgan fingerprint density at radius 1 is 1.69 bits per heavy atom. The van der Waals surface area contributed by atoms with Crippen LogP contribution in [-0.2, 0) is 9.47 Å². The number of urea groups is 1. The molecule has 0 aliphatic carbocycles. The molecule has 1 saturated heterocycles. The van der Waals surface area contributed by atoms with Crippen LogP contribution in [0.3, 0.4) is 0 Å². The van der Waals surface area contributed by atoms with E-state index in [9.17, 15) is 4.79 Å². The molecule has 1 aliphatic heterocycles. The van der Waals surface area contributed by atoms with Crippen molar-refractivity contribution in [3.8, 4) is 0 Å². The molecule has 0 bridgehead atoms. The molecule has 92 valence electrons. The second kappa shape index (κ2) is 5.64. The molecule has 0 aromatic rings. The molecule has 8 nitrogen and oxygen atoms in total. The first-order valence-corrected chi connectivity index (χ1v) is 4.76. The van der Waals surface area contributed by atoms with Crippen LogP contribution in [0.25, 0.3) is 0 Å². The third kappa shape index (κ3) is 3.33. The highest BCUT2D eigenvalue weighted by atomic mass is 16.6. The van der Waals surface area contributed by atoms with Crippen LogP contribution in [0, 0.1) is 0 Å². The highest BCUT2D eigenvalue weighted by Crippen LogP contribution is 2.20. The lowest BCUT2D eigenvalue weighted by Gasteiger charge is -2.13. The summed E-state index contributed by atoms with van der Waals surface area (Å²) in [6.45, 7) is -0.173. The summed E-state index contributed by atoms with van der Waals surface area (Å²) in [5.41, 5.74) is 10.1. The summed E-state index contributed by atoms with van der Waals surface area (Å²) in [4.78, 5) is 14.4. The van der Waals surface area contributed by atoms with Gasteiger partial charge in [0.05, 0.1) is 12.7 Å². The SMILES string of the molecule is COC1CC(NC(=O)N=C(N)N)OC1CO. The normalized spacial score (nSPS) is 28.8. The Kier molecular flexibility index (Phi) is 4.47. The molecular weight excluding hydrogens is 216 g/mol. The topological polar surface area (TPSA) is 132 Å². The molecule has 1 heterocycles. The van der Waals surface area contributed by atoms with Gasteiger partial charge in [0.2, 0.25) is 0 Å². The molecule has 0 aromatic carbocycles. The van der Waals surface area contributed by atoms with Crippen molar-refractivity contribution < 1.29 is 19.4 Å². The lowest BCUT2D eigenvalue weighted by atomic mass is 10.2. The Labute approximate surface area is 92.6 Å². The van der Waals surface area contributed by atoms with Crippen molar-refractivity contribution in [2.45, 2.75) is 24.9 Å². The number of methoxy groups -OCH3 is 1. The Morgan fingerprint density at radius 2 is 2.38 bits per heavy atom. The van der Waals surface area contributed by atoms with Gasteiger partial charge in [-0.2, -0.15) is 4.99 Å². The molecule has 8 heteroatoms. The van der Waals surface area contributed by atoms with Crippen LogP contribution in [0.2, 0.25) is 0 Å². The van der Waals surface area contributed by atoms with E-state index in [1.54, 1.807) is 0 Å². The van der Waals surface area contributed by atoms with Gasteiger partial charge in [-0.25, -0.2) is 4.79 Å². The van der Waals surface area contributed by atoms with E-state index >= 15 is 0 Å². The van der Waals surface area contributed by atoms with Crippen molar-refractivity contribution in [3.63, 3.8) is 0 Å². The van der Waals surface area contributed by atoms with E-state index in [1.165, 1.54) is 7.11 Å². The Balaban J connectivity index is 2.46. The van der Waals surface area contributed by atoms with Gasteiger partial charge in [0.25, 0.3) is 0 Å². The number of aliphatic hydroxyl groups excluding tert-OH is 1. The van der Waals surface area contributed by atoms with Crippen LogP contribution in [0.1, 0.15) is 6.42 Å². The molecule has 3 unspecified atom stereocenters. The number of amides is 2. The van der Waals surface area contributed by atoms with Crippen LogP contribution in [0.15, 0.2) is 4.99 Å². The van der Waals surface area contributed by atoms with Gasteiger partial charge >= 0.3 is 6.03 Å². The maximum Gasteiger partial charge on any atom is 0.346 e. The molecule has 6 N–H and O–H groups in total. The molecule has 0 saturated carbocycles. The zero-order chi connectivity index (χ0) is 12.1. The molecule has 3 atom stereocenters. The summed E-state index contributed by atoms with van der Waals surface area (Å²) in [6, 6.07) is -0.682. The maximum atomic E-state index is 11.2. The number of guanidine groups is 1. The van der Waals surface area contributed by atoms with Gasteiger partial charge in [0, 0.05) is 13.5 Å². The first kappa shape index (κ1) is 12.7. The minimum Gasteiger partial charge on any atom is -0.394 e. The predicted molar refractivity (Wildman–Crippen MR) is 55.5 cm³/mol. The minimum absolute atomic E-state index is 0.173. The average Bonchev–Trinajstić information content (AvgIpc) is 2.58. The van der Waals surface area contributed by atoms with E-state index in [0.29, 0.717) is 6.42 Å². The second-order valence-electron chi connectivity index (χ2n) is 3.34. The Morgan fingerprint density at radius 3 is 2.81 bits per heavy atom. The number of nitrogens with one attached hydrogen (secondary N) is 1. The average molecular weight is 232 g/mol. The highest BCUT2D eigenvalue weighted by Gasteiger charge is 2.35. The standard InChI is InChI=1S/C8H16N4O4/c1-15-4-2-6(16-5(4)3-13)11-8(14)12-7(9)10/h4-6,13H,2-3H2,1H3,(H5,9,10,11,12,14). The van der Waals surface area contributed by atoms with Gasteiger partial charge in [0.1, 0.15) is 12.3 Å². The van der Waals surface area contributed by atoms with E-state index in [4.69, 9.17) is 26.0 Å². The fourth-order valence-electron chi connectivity index (χ4n) is 1.51. The summed E-state index contributed by atoms with van der Waals surface area (Å²) in [6.07, 6.45) is -0.824. The van der Waals surface area contributed by atoms with Crippen LogP contribution < -0.4 is 16.8 Å². The largest absolute Gasteiger partial charge is 0.394 e. The lowest BCUT2D eigenvalue weighted by Crippen LogP contribution is -2.35. The minimum atomic E-state index is -0.682. The molecule has 16 heavy (non-hydrogen) atoms. The second-order valence-corrected chi connectivity index (χ2v) is 3.34. The third-order valence-electron chi connectivity index (χ3n) is 2.20. The van der Waals surface area contributed by atoms with Gasteiger partial charge in [-0.05, 0) is 0 Å². The summed E-state index contributed by atoms with van der Waals surface area (Å²) < 4.78 is 10.4. The number of nitrogens with zero attached hydrogens (tertiary/aromatic N) is 1. The molecule has 2 amide bonds. The number of rotatable bonds is 3. The zero-order valence-electron chi connectivity index (χ0n) is 8.92. The molecule has 0 aromatic heterocycles. The number of ether oxygens (including phenoxy) is 2. The summed E-state index contributed by atoms with van der Waals surface area (Å²) >= 11 is 0. The molecular formula is C8H16N4O4. The number of hydrogen-bond acceptors (Lipinski definition) is 4. The van der Waals surface area contributed by atoms with Crippen LogP contribution in [-0.4, -0.2) is 49.2 Å². The van der Waals surface area contributed by atoms with E-state index in [2.05, 4.69) is 10.3 Å². The fraction of sp³-hybridized carbons (Fsp3) is 0.750. The van der Waals surface area contributed by atoms with Crippen LogP contribution in [0.5, 0.6) is 0 Å². The van der Waals surface area contributed by atoms with Crippen LogP contribution >= 0.6 is 0 Å². The monoisotopic (exact) mass is 232 g/mol. The van der Waals surface area contributed by atoms with Gasteiger partial charge < -0.3 is 31.4 Å². The molecule has 1 rings (SSSR count). The molecule has 1 fully saturated rings. The number of carbonyl (C=O) groups is 1. The first-order valence-electron chi connectivity index (χ1n) is 4.76. The van der Waals surface area contributed by atoms with Crippen molar-refractivity contribution in [1.82, 2.24) is 5.32 Å². The molecule has 0 radical (unpaired) electrons. The summed E-state index contributed by atoms with van der Waals surface area (Å²) in [5.74, 6) is -0.322. The van der Waals surface area contributed by atoms with E-state index in [1.807, 2.05) is 0 Å². The van der Waals surface area contributed by atoms with Crippen molar-refractivity contribution in [1.29, 1.82) is 0 Å². The zero-order valence-corrected chi connectivity index (χ0v) is 8.92. The fourth-order valence-corrected chi connectivity index (χ4v) is 1.51. The van der Waals surface area contributed by atoms with Crippen molar-refractivity contribution in [2.24, 2.45) is 16.5 Å². The number of nitrogens with two attached hydrogens (primary N) is 2. The number of hydrogen-bond donors (Lipinski definition) is 4. The first-order chi connectivity index (χ1) is 7.56. The smallest absolute Gasteiger partial charge is 0.346 e. The highest BCUT2D eigenvalue weighted by molar-refractivity contribution is 5.90. The van der Waals surface area contributed by atoms with Gasteiger partial charge in [-0.3, -0.25) is 0 Å². The lowest BCUT2D eigenvalue weighted by molar-refractivity contribution is -0.0378. The predicted octanol–water partition coefficient (Wildman–Crippen LogP) is -1.91. The number of aliphatic imine (C=N–C) groups is 1.